The van der Waals surface area contributed by atoms with Gasteiger partial charge >= 0.3 is 0 Å². The number of carbonyl (C=O) groups is 1. The van der Waals surface area contributed by atoms with Gasteiger partial charge in [-0.25, -0.2) is 0 Å². The second kappa shape index (κ2) is 9.38. The normalized spacial score (nSPS) is 19.6. The molecule has 1 amide bonds. The number of anilines is 1. The third kappa shape index (κ3) is 4.95. The lowest BCUT2D eigenvalue weighted by Gasteiger charge is -2.27. The second-order valence-corrected chi connectivity index (χ2v) is 9.45. The molecule has 2 aliphatic rings. The Kier molecular flexibility index (Phi) is 6.16. The zero-order valence-electron chi connectivity index (χ0n) is 19.4. The van der Waals surface area contributed by atoms with Crippen LogP contribution in [0.4, 0.5) is 5.69 Å². The highest BCUT2D eigenvalue weighted by atomic mass is 16.1. The maximum atomic E-state index is 12.7. The van der Waals surface area contributed by atoms with Gasteiger partial charge in [0.25, 0.3) is 5.91 Å². The quantitative estimate of drug-likeness (QED) is 0.585. The fourth-order valence-electron chi connectivity index (χ4n) is 5.00. The third-order valence-corrected chi connectivity index (χ3v) is 6.82. The lowest BCUT2D eigenvalue weighted by molar-refractivity contribution is 0.0951. The van der Waals surface area contributed by atoms with Crippen LogP contribution < -0.4 is 15.5 Å². The third-order valence-electron chi connectivity index (χ3n) is 6.82. The molecule has 0 aliphatic carbocycles. The van der Waals surface area contributed by atoms with Crippen molar-refractivity contribution in [1.29, 1.82) is 0 Å². The molecule has 0 radical (unpaired) electrons. The number of nitrogens with zero attached hydrogens (tertiary/aromatic N) is 2. The van der Waals surface area contributed by atoms with Crippen LogP contribution in [0.3, 0.4) is 0 Å². The summed E-state index contributed by atoms with van der Waals surface area (Å²) in [5, 5.41) is 6.64. The topological polar surface area (TPSA) is 47.6 Å². The Balaban J connectivity index is 1.25. The van der Waals surface area contributed by atoms with Crippen LogP contribution in [0.25, 0.3) is 11.1 Å². The SMILES string of the molecule is CN(C)c1cccc(C(=O)NCc2cccc(-c3cccc(CN4C[C@@H]5C[C@H]4CN5)c3)c2)c1. The van der Waals surface area contributed by atoms with E-state index >= 15 is 0 Å². The highest BCUT2D eigenvalue weighted by Gasteiger charge is 2.37. The van der Waals surface area contributed by atoms with E-state index in [0.29, 0.717) is 24.2 Å². The van der Waals surface area contributed by atoms with Gasteiger partial charge in [0.2, 0.25) is 0 Å². The molecule has 5 rings (SSSR count). The molecule has 2 bridgehead atoms. The summed E-state index contributed by atoms with van der Waals surface area (Å²) in [7, 11) is 3.95. The van der Waals surface area contributed by atoms with Gasteiger partial charge < -0.3 is 15.5 Å². The first-order valence-electron chi connectivity index (χ1n) is 11.8. The van der Waals surface area contributed by atoms with E-state index < -0.39 is 0 Å². The van der Waals surface area contributed by atoms with Crippen LogP contribution in [0, 0.1) is 0 Å². The van der Waals surface area contributed by atoms with Gasteiger partial charge in [0.1, 0.15) is 0 Å². The number of carbonyl (C=O) groups excluding carboxylic acids is 1. The van der Waals surface area contributed by atoms with Crippen LogP contribution >= 0.6 is 0 Å². The van der Waals surface area contributed by atoms with Gasteiger partial charge in [-0.2, -0.15) is 0 Å². The van der Waals surface area contributed by atoms with Crippen molar-refractivity contribution in [2.45, 2.75) is 31.6 Å². The van der Waals surface area contributed by atoms with Gasteiger partial charge in [-0.05, 0) is 59.0 Å². The van der Waals surface area contributed by atoms with Crippen molar-refractivity contribution >= 4 is 11.6 Å². The fourth-order valence-corrected chi connectivity index (χ4v) is 5.00. The first-order valence-corrected chi connectivity index (χ1v) is 11.8. The van der Waals surface area contributed by atoms with E-state index in [1.54, 1.807) is 0 Å². The van der Waals surface area contributed by atoms with Gasteiger partial charge in [-0.1, -0.05) is 42.5 Å². The van der Waals surface area contributed by atoms with E-state index in [4.69, 9.17) is 0 Å². The van der Waals surface area contributed by atoms with Gasteiger partial charge in [0, 0.05) is 63.6 Å². The Hall–Kier alpha value is -3.15. The molecule has 5 heteroatoms. The Labute approximate surface area is 196 Å². The highest BCUT2D eigenvalue weighted by molar-refractivity contribution is 5.95. The predicted molar refractivity (Wildman–Crippen MR) is 134 cm³/mol. The summed E-state index contributed by atoms with van der Waals surface area (Å²) in [6, 6.07) is 26.4. The van der Waals surface area contributed by atoms with E-state index in [0.717, 1.165) is 30.9 Å². The molecule has 2 atom stereocenters. The number of nitrogens with one attached hydrogen (secondary N) is 2. The number of hydrogen-bond acceptors (Lipinski definition) is 4. The number of benzene rings is 3. The molecule has 3 aromatic rings. The molecule has 2 N–H and O–H groups in total. The standard InChI is InChI=1S/C28H32N4O/c1-31(2)26-11-5-10-24(14-26)28(33)30-16-20-6-3-8-22(12-20)23-9-4-7-21(13-23)18-32-19-25-15-27(32)17-29-25/h3-14,25,27,29H,15-19H2,1-2H3,(H,30,33)/t25-,27-/m0/s1. The first kappa shape index (κ1) is 21.7. The maximum Gasteiger partial charge on any atom is 0.251 e. The highest BCUT2D eigenvalue weighted by Crippen LogP contribution is 2.27. The summed E-state index contributed by atoms with van der Waals surface area (Å²) in [4.78, 5) is 17.3. The summed E-state index contributed by atoms with van der Waals surface area (Å²) in [5.41, 5.74) is 6.56. The van der Waals surface area contributed by atoms with Gasteiger partial charge in [-0.15, -0.1) is 0 Å². The van der Waals surface area contributed by atoms with Crippen molar-refractivity contribution in [1.82, 2.24) is 15.5 Å². The molecular formula is C28H32N4O. The molecule has 5 nitrogen and oxygen atoms in total. The molecule has 170 valence electrons. The minimum atomic E-state index is -0.0551. The Morgan fingerprint density at radius 3 is 2.42 bits per heavy atom. The van der Waals surface area contributed by atoms with Crippen LogP contribution in [-0.4, -0.2) is 50.1 Å². The van der Waals surface area contributed by atoms with E-state index in [1.807, 2.05) is 43.3 Å². The number of likely N-dealkylation sites (tertiary alicyclic amines) is 1. The van der Waals surface area contributed by atoms with E-state index in [9.17, 15) is 4.79 Å². The van der Waals surface area contributed by atoms with Gasteiger partial charge in [-0.3, -0.25) is 9.69 Å². The average molecular weight is 441 g/mol. The molecule has 2 aliphatic heterocycles. The molecule has 0 saturated carbocycles. The number of rotatable bonds is 7. The average Bonchev–Trinajstić information content (AvgIpc) is 3.46. The minimum absolute atomic E-state index is 0.0551. The van der Waals surface area contributed by atoms with E-state index in [2.05, 4.69) is 64.1 Å². The van der Waals surface area contributed by atoms with Crippen LogP contribution in [0.2, 0.25) is 0 Å². The zero-order valence-corrected chi connectivity index (χ0v) is 19.4. The first-order chi connectivity index (χ1) is 16.0. The van der Waals surface area contributed by atoms with E-state index in [-0.39, 0.29) is 5.91 Å². The summed E-state index contributed by atoms with van der Waals surface area (Å²) in [6.45, 7) is 3.79. The van der Waals surface area contributed by atoms with Gasteiger partial charge in [0.05, 0.1) is 0 Å². The summed E-state index contributed by atoms with van der Waals surface area (Å²) in [5.74, 6) is -0.0551. The molecular weight excluding hydrogens is 408 g/mol. The lowest BCUT2D eigenvalue weighted by atomic mass is 10.0. The van der Waals surface area contributed by atoms with E-state index in [1.165, 1.54) is 23.1 Å². The van der Waals surface area contributed by atoms with Crippen LogP contribution in [0.15, 0.2) is 72.8 Å². The minimum Gasteiger partial charge on any atom is -0.378 e. The molecule has 0 spiro atoms. The monoisotopic (exact) mass is 440 g/mol. The molecule has 33 heavy (non-hydrogen) atoms. The molecule has 0 unspecified atom stereocenters. The van der Waals surface area contributed by atoms with Crippen LogP contribution in [-0.2, 0) is 13.1 Å². The van der Waals surface area contributed by atoms with Crippen molar-refractivity contribution in [3.63, 3.8) is 0 Å². The molecule has 2 saturated heterocycles. The number of hydrogen-bond donors (Lipinski definition) is 2. The Morgan fingerprint density at radius 1 is 1.00 bits per heavy atom. The molecule has 2 heterocycles. The Bertz CT molecular complexity index is 1140. The van der Waals surface area contributed by atoms with Crippen molar-refractivity contribution in [3.05, 3.63) is 89.5 Å². The molecule has 0 aromatic heterocycles. The number of amides is 1. The fraction of sp³-hybridized carbons (Fsp3) is 0.321. The zero-order chi connectivity index (χ0) is 22.8. The Morgan fingerprint density at radius 2 is 1.73 bits per heavy atom. The molecule has 3 aromatic carbocycles. The summed E-state index contributed by atoms with van der Waals surface area (Å²) >= 11 is 0. The lowest BCUT2D eigenvalue weighted by Crippen LogP contribution is -2.42. The number of fused-ring (bicyclic) bond motifs is 2. The van der Waals surface area contributed by atoms with Crippen molar-refractivity contribution < 1.29 is 4.79 Å². The number of piperazine rings is 1. The second-order valence-electron chi connectivity index (χ2n) is 9.45. The molecule has 2 fully saturated rings. The van der Waals surface area contributed by atoms with Gasteiger partial charge in [0.15, 0.2) is 0 Å². The van der Waals surface area contributed by atoms with Crippen LogP contribution in [0.5, 0.6) is 0 Å². The van der Waals surface area contributed by atoms with Crippen LogP contribution in [0.1, 0.15) is 27.9 Å². The predicted octanol–water partition coefficient (Wildman–Crippen LogP) is 3.90. The van der Waals surface area contributed by atoms with Crippen molar-refractivity contribution in [3.8, 4) is 11.1 Å². The smallest absolute Gasteiger partial charge is 0.251 e. The van der Waals surface area contributed by atoms with Crippen molar-refractivity contribution in [2.75, 3.05) is 32.1 Å². The maximum absolute atomic E-state index is 12.7. The summed E-state index contributed by atoms with van der Waals surface area (Å²) < 4.78 is 0. The summed E-state index contributed by atoms with van der Waals surface area (Å²) in [6.07, 6.45) is 1.28. The van der Waals surface area contributed by atoms with Crippen molar-refractivity contribution in [2.24, 2.45) is 0 Å². The largest absolute Gasteiger partial charge is 0.378 e.